The highest BCUT2D eigenvalue weighted by atomic mass is 32.2. The topological polar surface area (TPSA) is 92.5 Å². The third kappa shape index (κ3) is 4.95. The summed E-state index contributed by atoms with van der Waals surface area (Å²) in [5, 5.41) is 5.83. The monoisotopic (exact) mass is 383 g/mol. The van der Waals surface area contributed by atoms with Gasteiger partial charge in [-0.25, -0.2) is 0 Å². The highest BCUT2D eigenvalue weighted by Gasteiger charge is 2.34. The molecule has 2 aromatic rings. The summed E-state index contributed by atoms with van der Waals surface area (Å²) in [6, 6.07) is 11.2. The molecule has 1 fully saturated rings. The molecule has 8 heteroatoms. The highest BCUT2D eigenvalue weighted by molar-refractivity contribution is 8.18. The van der Waals surface area contributed by atoms with E-state index < -0.39 is 5.91 Å². The van der Waals surface area contributed by atoms with E-state index in [1.165, 1.54) is 0 Å². The number of carbonyl (C=O) groups excluding carboxylic acids is 3. The molecule has 3 amide bonds. The van der Waals surface area contributed by atoms with Crippen molar-refractivity contribution in [2.45, 2.75) is 13.3 Å². The van der Waals surface area contributed by atoms with Crippen LogP contribution in [-0.2, 0) is 9.59 Å². The second-order valence-electron chi connectivity index (χ2n) is 5.75. The van der Waals surface area contributed by atoms with Crippen molar-refractivity contribution < 1.29 is 18.9 Å². The SMILES string of the molecule is Cc1cc(NC(=O)CCN2C(=O)SC(=CC=Cc3ccccc3)C2=O)no1. The molecule has 7 nitrogen and oxygen atoms in total. The largest absolute Gasteiger partial charge is 0.360 e. The Balaban J connectivity index is 1.55. The standard InChI is InChI=1S/C19H17N3O4S/c1-13-12-16(21-26-13)20-17(23)10-11-22-18(24)15(27-19(22)25)9-5-8-14-6-3-2-4-7-14/h2-9,12H,10-11H2,1H3,(H,20,21,23). The molecule has 0 atom stereocenters. The summed E-state index contributed by atoms with van der Waals surface area (Å²) in [5.41, 5.74) is 0.993. The Morgan fingerprint density at radius 3 is 2.78 bits per heavy atom. The molecular weight excluding hydrogens is 366 g/mol. The van der Waals surface area contributed by atoms with Crippen molar-refractivity contribution in [2.75, 3.05) is 11.9 Å². The number of aryl methyl sites for hydroxylation is 1. The van der Waals surface area contributed by atoms with E-state index in [1.54, 1.807) is 25.1 Å². The van der Waals surface area contributed by atoms with Gasteiger partial charge in [-0.2, -0.15) is 0 Å². The predicted molar refractivity (Wildman–Crippen MR) is 103 cm³/mol. The molecular formula is C19H17N3O4S. The first-order valence-corrected chi connectivity index (χ1v) is 9.05. The van der Waals surface area contributed by atoms with Crippen molar-refractivity contribution in [1.82, 2.24) is 10.1 Å². The Hall–Kier alpha value is -3.13. The number of allylic oxidation sites excluding steroid dienone is 2. The Bertz CT molecular complexity index is 918. The van der Waals surface area contributed by atoms with Crippen LogP contribution in [-0.4, -0.2) is 33.7 Å². The summed E-state index contributed by atoms with van der Waals surface area (Å²) in [6.45, 7) is 1.72. The van der Waals surface area contributed by atoms with E-state index in [0.717, 1.165) is 22.2 Å². The first kappa shape index (κ1) is 18.7. The molecule has 0 bridgehead atoms. The Morgan fingerprint density at radius 1 is 1.30 bits per heavy atom. The first-order valence-electron chi connectivity index (χ1n) is 8.23. The van der Waals surface area contributed by atoms with Crippen molar-refractivity contribution in [3.05, 3.63) is 64.8 Å². The molecule has 1 aromatic heterocycles. The Labute approximate surface area is 160 Å². The van der Waals surface area contributed by atoms with Crippen LogP contribution in [0.2, 0.25) is 0 Å². The lowest BCUT2D eigenvalue weighted by Gasteiger charge is -2.11. The molecule has 1 aliphatic rings. The number of anilines is 1. The van der Waals surface area contributed by atoms with Crippen molar-refractivity contribution in [2.24, 2.45) is 0 Å². The molecule has 1 N–H and O–H groups in total. The molecule has 0 radical (unpaired) electrons. The number of rotatable bonds is 6. The average molecular weight is 383 g/mol. The fourth-order valence-electron chi connectivity index (χ4n) is 2.36. The van der Waals surface area contributed by atoms with Gasteiger partial charge in [0.25, 0.3) is 11.1 Å². The Morgan fingerprint density at radius 2 is 2.07 bits per heavy atom. The smallest absolute Gasteiger partial charge is 0.293 e. The van der Waals surface area contributed by atoms with Crippen molar-refractivity contribution in [1.29, 1.82) is 0 Å². The third-order valence-electron chi connectivity index (χ3n) is 3.67. The van der Waals surface area contributed by atoms with Crippen LogP contribution in [0, 0.1) is 6.92 Å². The molecule has 2 heterocycles. The fraction of sp³-hybridized carbons (Fsp3) is 0.158. The van der Waals surface area contributed by atoms with Gasteiger partial charge < -0.3 is 9.84 Å². The summed E-state index contributed by atoms with van der Waals surface area (Å²) in [5.74, 6) is 0.130. The van der Waals surface area contributed by atoms with Gasteiger partial charge in [0, 0.05) is 19.0 Å². The highest BCUT2D eigenvalue weighted by Crippen LogP contribution is 2.30. The van der Waals surface area contributed by atoms with E-state index in [4.69, 9.17) is 4.52 Å². The summed E-state index contributed by atoms with van der Waals surface area (Å²) in [4.78, 5) is 37.7. The molecule has 1 saturated heterocycles. The van der Waals surface area contributed by atoms with Crippen LogP contribution in [0.4, 0.5) is 10.6 Å². The molecule has 1 aliphatic heterocycles. The number of nitrogens with zero attached hydrogens (tertiary/aromatic N) is 2. The molecule has 3 rings (SSSR count). The number of amides is 3. The van der Waals surface area contributed by atoms with Gasteiger partial charge in [0.1, 0.15) is 5.76 Å². The van der Waals surface area contributed by atoms with Gasteiger partial charge >= 0.3 is 0 Å². The van der Waals surface area contributed by atoms with E-state index in [0.29, 0.717) is 16.5 Å². The lowest BCUT2D eigenvalue weighted by atomic mass is 10.2. The summed E-state index contributed by atoms with van der Waals surface area (Å²) in [6.07, 6.45) is 5.17. The van der Waals surface area contributed by atoms with Crippen LogP contribution < -0.4 is 5.32 Å². The van der Waals surface area contributed by atoms with Crippen LogP contribution in [0.5, 0.6) is 0 Å². The molecule has 0 saturated carbocycles. The van der Waals surface area contributed by atoms with E-state index in [-0.39, 0.29) is 24.1 Å². The maximum Gasteiger partial charge on any atom is 0.293 e. The molecule has 1 aromatic carbocycles. The van der Waals surface area contributed by atoms with Gasteiger partial charge in [-0.1, -0.05) is 47.6 Å². The number of thioether (sulfide) groups is 1. The van der Waals surface area contributed by atoms with Gasteiger partial charge in [-0.15, -0.1) is 0 Å². The van der Waals surface area contributed by atoms with Gasteiger partial charge in [0.15, 0.2) is 5.82 Å². The second kappa shape index (κ2) is 8.50. The summed E-state index contributed by atoms with van der Waals surface area (Å²) in [7, 11) is 0. The quantitative estimate of drug-likeness (QED) is 0.766. The number of carbonyl (C=O) groups is 3. The molecule has 0 spiro atoms. The fourth-order valence-corrected chi connectivity index (χ4v) is 3.18. The molecule has 138 valence electrons. The van der Waals surface area contributed by atoms with E-state index in [2.05, 4.69) is 10.5 Å². The average Bonchev–Trinajstić information content (AvgIpc) is 3.17. The van der Waals surface area contributed by atoms with Gasteiger partial charge in [-0.05, 0) is 30.3 Å². The zero-order chi connectivity index (χ0) is 19.2. The molecule has 27 heavy (non-hydrogen) atoms. The van der Waals surface area contributed by atoms with Crippen LogP contribution in [0.25, 0.3) is 6.08 Å². The minimum absolute atomic E-state index is 0.00702. The zero-order valence-electron chi connectivity index (χ0n) is 14.5. The van der Waals surface area contributed by atoms with Gasteiger partial charge in [-0.3, -0.25) is 19.3 Å². The van der Waals surface area contributed by atoms with Gasteiger partial charge in [0.2, 0.25) is 5.91 Å². The van der Waals surface area contributed by atoms with Crippen molar-refractivity contribution in [3.8, 4) is 0 Å². The van der Waals surface area contributed by atoms with Gasteiger partial charge in [0.05, 0.1) is 4.91 Å². The lowest BCUT2D eigenvalue weighted by Crippen LogP contribution is -2.31. The minimum atomic E-state index is -0.396. The van der Waals surface area contributed by atoms with E-state index in [9.17, 15) is 14.4 Å². The first-order chi connectivity index (χ1) is 13.0. The van der Waals surface area contributed by atoms with Crippen LogP contribution in [0.1, 0.15) is 17.7 Å². The van der Waals surface area contributed by atoms with Crippen LogP contribution in [0.15, 0.2) is 58.0 Å². The molecule has 0 aliphatic carbocycles. The third-order valence-corrected chi connectivity index (χ3v) is 4.59. The Kier molecular flexibility index (Phi) is 5.87. The number of benzene rings is 1. The predicted octanol–water partition coefficient (Wildman–Crippen LogP) is 3.60. The number of aromatic nitrogens is 1. The molecule has 0 unspecified atom stereocenters. The maximum atomic E-state index is 12.4. The number of hydrogen-bond donors (Lipinski definition) is 1. The number of hydrogen-bond acceptors (Lipinski definition) is 6. The van der Waals surface area contributed by atoms with E-state index >= 15 is 0 Å². The van der Waals surface area contributed by atoms with Crippen molar-refractivity contribution >= 4 is 40.7 Å². The lowest BCUT2D eigenvalue weighted by molar-refractivity contribution is -0.123. The maximum absolute atomic E-state index is 12.4. The van der Waals surface area contributed by atoms with Crippen LogP contribution in [0.3, 0.4) is 0 Å². The second-order valence-corrected chi connectivity index (χ2v) is 6.74. The van der Waals surface area contributed by atoms with E-state index in [1.807, 2.05) is 36.4 Å². The normalized spacial score (nSPS) is 15.9. The summed E-state index contributed by atoms with van der Waals surface area (Å²) < 4.78 is 4.86. The number of nitrogens with one attached hydrogen (secondary N) is 1. The number of imide groups is 1. The van der Waals surface area contributed by atoms with Crippen molar-refractivity contribution in [3.63, 3.8) is 0 Å². The summed E-state index contributed by atoms with van der Waals surface area (Å²) >= 11 is 0.864. The minimum Gasteiger partial charge on any atom is -0.360 e. The van der Waals surface area contributed by atoms with Crippen LogP contribution >= 0.6 is 11.8 Å². The zero-order valence-corrected chi connectivity index (χ0v) is 15.4.